The Balaban J connectivity index is 1.99. The third-order valence-electron chi connectivity index (χ3n) is 3.53. The highest BCUT2D eigenvalue weighted by molar-refractivity contribution is 6.31. The molecule has 0 saturated heterocycles. The predicted octanol–water partition coefficient (Wildman–Crippen LogP) is 4.43. The number of ether oxygens (including phenoxy) is 1. The third kappa shape index (κ3) is 4.12. The summed E-state index contributed by atoms with van der Waals surface area (Å²) in [4.78, 5) is 16.1. The fraction of sp³-hybridized carbons (Fsp3) is 0.533. The van der Waals surface area contributed by atoms with Gasteiger partial charge in [0.1, 0.15) is 5.75 Å². The van der Waals surface area contributed by atoms with Crippen LogP contribution in [-0.4, -0.2) is 12.7 Å². The van der Waals surface area contributed by atoms with Crippen molar-refractivity contribution >= 4 is 17.7 Å². The number of hydrogen-bond acceptors (Lipinski definition) is 3. The molecule has 0 unspecified atom stereocenters. The van der Waals surface area contributed by atoms with Gasteiger partial charge in [-0.3, -0.25) is 4.84 Å². The topological polar surface area (TPSA) is 47.6 Å². The molecule has 0 radical (unpaired) electrons. The average Bonchev–Trinajstić information content (AvgIpc) is 2.46. The van der Waals surface area contributed by atoms with Gasteiger partial charge in [-0.2, -0.15) is 5.48 Å². The normalized spacial score (nSPS) is 15.9. The SMILES string of the molecule is CCONC(=O)Oc1ccc(C2CCCCC2)c(Cl)c1. The molecule has 1 aliphatic rings. The number of amides is 1. The molecule has 1 amide bonds. The second-order valence-corrected chi connectivity index (χ2v) is 5.35. The maximum Gasteiger partial charge on any atom is 0.436 e. The summed E-state index contributed by atoms with van der Waals surface area (Å²) in [5.41, 5.74) is 3.33. The lowest BCUT2D eigenvalue weighted by atomic mass is 9.84. The van der Waals surface area contributed by atoms with Gasteiger partial charge < -0.3 is 4.74 Å². The van der Waals surface area contributed by atoms with Crippen LogP contribution in [-0.2, 0) is 4.84 Å². The standard InChI is InChI=1S/C15H20ClNO3/c1-2-19-17-15(18)20-12-8-9-13(14(16)10-12)11-6-4-3-5-7-11/h8-11H,2-7H2,1H3,(H,17,18). The predicted molar refractivity (Wildman–Crippen MR) is 78.1 cm³/mol. The molecule has 4 nitrogen and oxygen atoms in total. The number of hydroxylamine groups is 1. The number of benzene rings is 1. The molecular formula is C15H20ClNO3. The van der Waals surface area contributed by atoms with Crippen LogP contribution >= 0.6 is 11.6 Å². The van der Waals surface area contributed by atoms with Gasteiger partial charge in [-0.15, -0.1) is 0 Å². The first-order valence-electron chi connectivity index (χ1n) is 7.09. The van der Waals surface area contributed by atoms with Crippen molar-refractivity contribution in [2.24, 2.45) is 0 Å². The minimum absolute atomic E-state index is 0.385. The van der Waals surface area contributed by atoms with Crippen molar-refractivity contribution in [3.05, 3.63) is 28.8 Å². The summed E-state index contributed by atoms with van der Waals surface area (Å²) in [5.74, 6) is 0.953. The van der Waals surface area contributed by atoms with Gasteiger partial charge in [0, 0.05) is 5.02 Å². The molecule has 20 heavy (non-hydrogen) atoms. The summed E-state index contributed by atoms with van der Waals surface area (Å²) in [6, 6.07) is 5.43. The molecule has 0 aromatic heterocycles. The molecule has 110 valence electrons. The average molecular weight is 298 g/mol. The lowest BCUT2D eigenvalue weighted by Crippen LogP contribution is -2.26. The van der Waals surface area contributed by atoms with E-state index in [2.05, 4.69) is 5.48 Å². The van der Waals surface area contributed by atoms with Crippen molar-refractivity contribution in [2.75, 3.05) is 6.61 Å². The molecule has 0 spiro atoms. The molecule has 0 bridgehead atoms. The number of hydrogen-bond donors (Lipinski definition) is 1. The van der Waals surface area contributed by atoms with Crippen LogP contribution < -0.4 is 10.2 Å². The molecule has 2 rings (SSSR count). The number of rotatable bonds is 4. The van der Waals surface area contributed by atoms with Crippen molar-refractivity contribution < 1.29 is 14.4 Å². The van der Waals surface area contributed by atoms with E-state index in [1.54, 1.807) is 19.1 Å². The fourth-order valence-electron chi connectivity index (χ4n) is 2.57. The Bertz CT molecular complexity index is 458. The lowest BCUT2D eigenvalue weighted by molar-refractivity contribution is 0.0535. The molecular weight excluding hydrogens is 278 g/mol. The van der Waals surface area contributed by atoms with E-state index in [9.17, 15) is 4.79 Å². The van der Waals surface area contributed by atoms with Crippen LogP contribution in [0.5, 0.6) is 5.75 Å². The van der Waals surface area contributed by atoms with E-state index in [0.29, 0.717) is 23.3 Å². The van der Waals surface area contributed by atoms with Crippen LogP contribution in [0, 0.1) is 0 Å². The molecule has 1 aliphatic carbocycles. The van der Waals surface area contributed by atoms with E-state index in [1.165, 1.54) is 32.1 Å². The van der Waals surface area contributed by atoms with Crippen molar-refractivity contribution in [3.63, 3.8) is 0 Å². The zero-order valence-corrected chi connectivity index (χ0v) is 12.4. The molecule has 0 heterocycles. The largest absolute Gasteiger partial charge is 0.436 e. The molecule has 5 heteroatoms. The minimum atomic E-state index is -0.645. The Morgan fingerprint density at radius 3 is 2.75 bits per heavy atom. The van der Waals surface area contributed by atoms with E-state index in [0.717, 1.165) is 5.56 Å². The molecule has 1 aromatic rings. The van der Waals surface area contributed by atoms with Gasteiger partial charge in [-0.05, 0) is 43.4 Å². The molecule has 1 fully saturated rings. The molecule has 1 N–H and O–H groups in total. The van der Waals surface area contributed by atoms with Gasteiger partial charge in [0.25, 0.3) is 0 Å². The molecule has 1 aromatic carbocycles. The highest BCUT2D eigenvalue weighted by Crippen LogP contribution is 2.37. The second kappa shape index (κ2) is 7.50. The Morgan fingerprint density at radius 1 is 1.35 bits per heavy atom. The van der Waals surface area contributed by atoms with E-state index in [4.69, 9.17) is 21.2 Å². The Hall–Kier alpha value is -1.26. The highest BCUT2D eigenvalue weighted by atomic mass is 35.5. The lowest BCUT2D eigenvalue weighted by Gasteiger charge is -2.23. The first-order valence-corrected chi connectivity index (χ1v) is 7.47. The van der Waals surface area contributed by atoms with Crippen molar-refractivity contribution in [2.45, 2.75) is 44.9 Å². The van der Waals surface area contributed by atoms with Crippen LogP contribution in [0.4, 0.5) is 4.79 Å². The van der Waals surface area contributed by atoms with E-state index < -0.39 is 6.09 Å². The monoisotopic (exact) mass is 297 g/mol. The maximum atomic E-state index is 11.4. The van der Waals surface area contributed by atoms with E-state index in [1.807, 2.05) is 6.07 Å². The van der Waals surface area contributed by atoms with Crippen LogP contribution in [0.2, 0.25) is 5.02 Å². The quantitative estimate of drug-likeness (QED) is 0.836. The van der Waals surface area contributed by atoms with E-state index >= 15 is 0 Å². The van der Waals surface area contributed by atoms with E-state index in [-0.39, 0.29) is 0 Å². The molecule has 1 saturated carbocycles. The van der Waals surface area contributed by atoms with Gasteiger partial charge in [0.15, 0.2) is 0 Å². The first-order chi connectivity index (χ1) is 9.70. The Morgan fingerprint density at radius 2 is 2.10 bits per heavy atom. The first kappa shape index (κ1) is 15.1. The van der Waals surface area contributed by atoms with Crippen molar-refractivity contribution in [3.8, 4) is 5.75 Å². The van der Waals surface area contributed by atoms with Gasteiger partial charge in [0.05, 0.1) is 6.61 Å². The highest BCUT2D eigenvalue weighted by Gasteiger charge is 2.18. The fourth-order valence-corrected chi connectivity index (χ4v) is 2.90. The summed E-state index contributed by atoms with van der Waals surface area (Å²) in [7, 11) is 0. The number of carbonyl (C=O) groups is 1. The van der Waals surface area contributed by atoms with Crippen molar-refractivity contribution in [1.29, 1.82) is 0 Å². The minimum Gasteiger partial charge on any atom is -0.409 e. The third-order valence-corrected chi connectivity index (χ3v) is 3.85. The van der Waals surface area contributed by atoms with Gasteiger partial charge >= 0.3 is 6.09 Å². The summed E-state index contributed by atoms with van der Waals surface area (Å²) in [5, 5.41) is 0.665. The Labute approximate surface area is 124 Å². The summed E-state index contributed by atoms with van der Waals surface area (Å²) >= 11 is 6.31. The van der Waals surface area contributed by atoms with Crippen LogP contribution in [0.1, 0.15) is 50.5 Å². The number of halogens is 1. The summed E-state index contributed by atoms with van der Waals surface area (Å²) < 4.78 is 5.08. The second-order valence-electron chi connectivity index (χ2n) is 4.94. The van der Waals surface area contributed by atoms with Crippen LogP contribution in [0.15, 0.2) is 18.2 Å². The maximum absolute atomic E-state index is 11.4. The molecule has 0 atom stereocenters. The molecule has 0 aliphatic heterocycles. The zero-order valence-electron chi connectivity index (χ0n) is 11.7. The summed E-state index contributed by atoms with van der Waals surface area (Å²) in [6.07, 6.45) is 5.56. The zero-order chi connectivity index (χ0) is 14.4. The van der Waals surface area contributed by atoms with Crippen molar-refractivity contribution in [1.82, 2.24) is 5.48 Å². The smallest absolute Gasteiger partial charge is 0.409 e. The van der Waals surface area contributed by atoms with Crippen LogP contribution in [0.3, 0.4) is 0 Å². The van der Waals surface area contributed by atoms with Gasteiger partial charge in [-0.1, -0.05) is 36.9 Å². The van der Waals surface area contributed by atoms with Gasteiger partial charge in [0.2, 0.25) is 0 Å². The van der Waals surface area contributed by atoms with Crippen LogP contribution in [0.25, 0.3) is 0 Å². The van der Waals surface area contributed by atoms with Gasteiger partial charge in [-0.25, -0.2) is 4.79 Å². The number of carbonyl (C=O) groups excluding carboxylic acids is 1. The number of nitrogens with one attached hydrogen (secondary N) is 1. The summed E-state index contributed by atoms with van der Waals surface area (Å²) in [6.45, 7) is 2.16. The Kier molecular flexibility index (Phi) is 5.68.